The van der Waals surface area contributed by atoms with Gasteiger partial charge in [-0.1, -0.05) is 34.1 Å². The smallest absolute Gasteiger partial charge is 0.312 e. The molecule has 4 nitrogen and oxygen atoms in total. The first kappa shape index (κ1) is 18.0. The van der Waals surface area contributed by atoms with E-state index in [-0.39, 0.29) is 29.9 Å². The van der Waals surface area contributed by atoms with E-state index in [0.717, 1.165) is 29.3 Å². The largest absolute Gasteiger partial charge is 0.455 e. The first-order valence-electron chi connectivity index (χ1n) is 9.66. The average Bonchev–Trinajstić information content (AvgIpc) is 2.58. The Hall–Kier alpha value is -1.36. The molecule has 26 heavy (non-hydrogen) atoms. The van der Waals surface area contributed by atoms with E-state index < -0.39 is 0 Å². The maximum atomic E-state index is 12.8. The highest BCUT2D eigenvalue weighted by atomic mass is 79.9. The summed E-state index contributed by atoms with van der Waals surface area (Å²) in [6, 6.07) is 7.66. The van der Waals surface area contributed by atoms with Crippen molar-refractivity contribution in [2.24, 2.45) is 23.2 Å². The third-order valence-electron chi connectivity index (χ3n) is 6.55. The predicted molar refractivity (Wildman–Crippen MR) is 102 cm³/mol. The number of hydrogen-bond donors (Lipinski definition) is 1. The highest BCUT2D eigenvalue weighted by Gasteiger charge is 2.55. The van der Waals surface area contributed by atoms with Crippen molar-refractivity contribution in [3.8, 4) is 0 Å². The molecule has 1 aromatic rings. The number of rotatable bonds is 5. The van der Waals surface area contributed by atoms with Crippen molar-refractivity contribution in [3.05, 3.63) is 34.3 Å². The summed E-state index contributed by atoms with van der Waals surface area (Å²) in [5, 5.41) is 2.92. The topological polar surface area (TPSA) is 55.4 Å². The molecule has 0 spiro atoms. The number of ether oxygens (including phenoxy) is 1. The van der Waals surface area contributed by atoms with Crippen molar-refractivity contribution in [2.75, 3.05) is 6.61 Å². The van der Waals surface area contributed by atoms with Crippen LogP contribution in [0, 0.1) is 23.2 Å². The average molecular weight is 420 g/mol. The fourth-order valence-electron chi connectivity index (χ4n) is 5.83. The molecule has 5 heteroatoms. The van der Waals surface area contributed by atoms with Gasteiger partial charge in [-0.2, -0.15) is 0 Å². The summed E-state index contributed by atoms with van der Waals surface area (Å²) in [7, 11) is 0. The minimum atomic E-state index is -0.302. The molecule has 4 aliphatic carbocycles. The molecule has 0 heterocycles. The molecule has 0 saturated heterocycles. The Kier molecular flexibility index (Phi) is 4.84. The van der Waals surface area contributed by atoms with E-state index in [9.17, 15) is 9.59 Å². The Morgan fingerprint density at radius 1 is 1.15 bits per heavy atom. The van der Waals surface area contributed by atoms with E-state index >= 15 is 0 Å². The summed E-state index contributed by atoms with van der Waals surface area (Å²) < 4.78 is 6.45. The molecule has 5 rings (SSSR count). The summed E-state index contributed by atoms with van der Waals surface area (Å²) in [6.07, 6.45) is 6.76. The molecule has 4 bridgehead atoms. The van der Waals surface area contributed by atoms with Gasteiger partial charge in [0.15, 0.2) is 6.61 Å². The Labute approximate surface area is 163 Å². The van der Waals surface area contributed by atoms with Gasteiger partial charge in [0, 0.05) is 4.47 Å². The van der Waals surface area contributed by atoms with Crippen molar-refractivity contribution >= 4 is 27.8 Å². The van der Waals surface area contributed by atoms with Crippen LogP contribution in [0.2, 0.25) is 0 Å². The second-order valence-electron chi connectivity index (χ2n) is 8.58. The third kappa shape index (κ3) is 3.42. The van der Waals surface area contributed by atoms with Crippen LogP contribution in [0.25, 0.3) is 0 Å². The number of hydrogen-bond acceptors (Lipinski definition) is 3. The normalized spacial score (nSPS) is 32.9. The van der Waals surface area contributed by atoms with Crippen molar-refractivity contribution in [2.45, 2.75) is 51.5 Å². The van der Waals surface area contributed by atoms with E-state index in [0.29, 0.717) is 17.8 Å². The van der Waals surface area contributed by atoms with Crippen LogP contribution in [-0.4, -0.2) is 18.5 Å². The van der Waals surface area contributed by atoms with Crippen LogP contribution in [0.1, 0.15) is 57.1 Å². The number of nitrogens with one attached hydrogen (secondary N) is 1. The molecular formula is C21H26BrNO3. The van der Waals surface area contributed by atoms with E-state index in [1.807, 2.05) is 31.2 Å². The van der Waals surface area contributed by atoms with Gasteiger partial charge in [0.25, 0.3) is 5.91 Å². The number of carbonyl (C=O) groups is 2. The minimum absolute atomic E-state index is 0.139. The molecule has 4 saturated carbocycles. The lowest BCUT2D eigenvalue weighted by Crippen LogP contribution is -2.51. The lowest BCUT2D eigenvalue weighted by molar-refractivity contribution is -0.173. The van der Waals surface area contributed by atoms with E-state index in [4.69, 9.17) is 4.74 Å². The molecule has 4 aliphatic rings. The van der Waals surface area contributed by atoms with Crippen LogP contribution < -0.4 is 5.32 Å². The number of amides is 1. The third-order valence-corrected chi connectivity index (χ3v) is 7.28. The highest BCUT2D eigenvalue weighted by molar-refractivity contribution is 9.10. The lowest BCUT2D eigenvalue weighted by atomic mass is 9.49. The summed E-state index contributed by atoms with van der Waals surface area (Å²) in [5.41, 5.74) is 0.705. The number of carbonyl (C=O) groups excluding carboxylic acids is 2. The Morgan fingerprint density at radius 3 is 2.31 bits per heavy atom. The van der Waals surface area contributed by atoms with Gasteiger partial charge in [-0.05, 0) is 74.8 Å². The van der Waals surface area contributed by atoms with Crippen LogP contribution >= 0.6 is 15.9 Å². The maximum absolute atomic E-state index is 12.8. The molecule has 1 N–H and O–H groups in total. The Morgan fingerprint density at radius 2 is 1.73 bits per heavy atom. The fraction of sp³-hybridized carbons (Fsp3) is 0.619. The molecule has 1 amide bonds. The standard InChI is InChI=1S/C21H26BrNO3/c1-13(17-4-2-3-5-18(17)22)23-19(24)12-26-20(25)21-9-14-6-15(10-21)8-16(7-14)11-21/h2-5,13-16H,6-12H2,1H3,(H,23,24)/t13-,14?,15?,16?,21?/m0/s1. The second-order valence-corrected chi connectivity index (χ2v) is 9.44. The number of halogens is 1. The minimum Gasteiger partial charge on any atom is -0.455 e. The van der Waals surface area contributed by atoms with Gasteiger partial charge in [0.1, 0.15) is 0 Å². The van der Waals surface area contributed by atoms with Crippen molar-refractivity contribution in [1.82, 2.24) is 5.32 Å². The van der Waals surface area contributed by atoms with Gasteiger partial charge < -0.3 is 10.1 Å². The van der Waals surface area contributed by atoms with Gasteiger partial charge in [-0.15, -0.1) is 0 Å². The molecular weight excluding hydrogens is 394 g/mol. The second kappa shape index (κ2) is 6.99. The highest BCUT2D eigenvalue weighted by Crippen LogP contribution is 2.60. The van der Waals surface area contributed by atoms with E-state index in [1.165, 1.54) is 19.3 Å². The van der Waals surface area contributed by atoms with Crippen LogP contribution in [0.3, 0.4) is 0 Å². The quantitative estimate of drug-likeness (QED) is 0.720. The predicted octanol–water partition coefficient (Wildman–Crippen LogP) is 4.39. The lowest BCUT2D eigenvalue weighted by Gasteiger charge is -2.55. The van der Waals surface area contributed by atoms with Gasteiger partial charge >= 0.3 is 5.97 Å². The van der Waals surface area contributed by atoms with Crippen LogP contribution in [0.15, 0.2) is 28.7 Å². The molecule has 0 aliphatic heterocycles. The van der Waals surface area contributed by atoms with Gasteiger partial charge in [-0.3, -0.25) is 9.59 Å². The van der Waals surface area contributed by atoms with Gasteiger partial charge in [-0.25, -0.2) is 0 Å². The van der Waals surface area contributed by atoms with Gasteiger partial charge in [0.05, 0.1) is 11.5 Å². The van der Waals surface area contributed by atoms with Crippen molar-refractivity contribution in [1.29, 1.82) is 0 Å². The molecule has 140 valence electrons. The number of esters is 1. The van der Waals surface area contributed by atoms with Crippen molar-refractivity contribution in [3.63, 3.8) is 0 Å². The molecule has 0 aromatic heterocycles. The zero-order valence-corrected chi connectivity index (χ0v) is 16.8. The van der Waals surface area contributed by atoms with E-state index in [2.05, 4.69) is 21.2 Å². The first-order valence-corrected chi connectivity index (χ1v) is 10.5. The SMILES string of the molecule is C[C@H](NC(=O)COC(=O)C12CC3CC(CC(C3)C1)C2)c1ccccc1Br. The maximum Gasteiger partial charge on any atom is 0.312 e. The van der Waals surface area contributed by atoms with Crippen LogP contribution in [0.4, 0.5) is 0 Å². The van der Waals surface area contributed by atoms with Gasteiger partial charge in [0.2, 0.25) is 0 Å². The summed E-state index contributed by atoms with van der Waals surface area (Å²) in [4.78, 5) is 25.1. The summed E-state index contributed by atoms with van der Waals surface area (Å²) in [6.45, 7) is 1.74. The number of benzene rings is 1. The zero-order chi connectivity index (χ0) is 18.3. The molecule has 0 radical (unpaired) electrons. The fourth-order valence-corrected chi connectivity index (χ4v) is 6.46. The zero-order valence-electron chi connectivity index (χ0n) is 15.2. The monoisotopic (exact) mass is 419 g/mol. The molecule has 1 atom stereocenters. The Bertz CT molecular complexity index is 682. The summed E-state index contributed by atoms with van der Waals surface area (Å²) >= 11 is 3.50. The van der Waals surface area contributed by atoms with E-state index in [1.54, 1.807) is 0 Å². The van der Waals surface area contributed by atoms with Crippen LogP contribution in [0.5, 0.6) is 0 Å². The van der Waals surface area contributed by atoms with Crippen LogP contribution in [-0.2, 0) is 14.3 Å². The molecule has 0 unspecified atom stereocenters. The Balaban J connectivity index is 1.32. The van der Waals surface area contributed by atoms with Crippen molar-refractivity contribution < 1.29 is 14.3 Å². The first-order chi connectivity index (χ1) is 12.4. The molecule has 4 fully saturated rings. The molecule has 1 aromatic carbocycles. The summed E-state index contributed by atoms with van der Waals surface area (Å²) in [5.74, 6) is 1.70.